The lowest BCUT2D eigenvalue weighted by atomic mass is 9.98. The minimum atomic E-state index is -0.174. The van der Waals surface area contributed by atoms with Gasteiger partial charge in [0.05, 0.1) is 0 Å². The van der Waals surface area contributed by atoms with Gasteiger partial charge in [-0.15, -0.1) is 0 Å². The summed E-state index contributed by atoms with van der Waals surface area (Å²) in [6, 6.07) is 13.4. The van der Waals surface area contributed by atoms with Crippen molar-refractivity contribution in [2.24, 2.45) is 5.73 Å². The Labute approximate surface area is 123 Å². The molecule has 0 spiro atoms. The normalized spacial score (nSPS) is 14.9. The Morgan fingerprint density at radius 3 is 2.70 bits per heavy atom. The largest absolute Gasteiger partial charge is 0.486 e. The molecule has 1 atom stereocenters. The molecular weight excluding hydrogens is 274 g/mol. The fourth-order valence-corrected chi connectivity index (χ4v) is 2.61. The van der Waals surface area contributed by atoms with E-state index in [0.29, 0.717) is 19.6 Å². The zero-order valence-corrected chi connectivity index (χ0v) is 11.8. The first-order valence-corrected chi connectivity index (χ1v) is 7.01. The molecule has 1 aliphatic rings. The van der Waals surface area contributed by atoms with E-state index in [-0.39, 0.29) is 6.04 Å². The number of benzene rings is 2. The van der Waals surface area contributed by atoms with Crippen LogP contribution in [-0.4, -0.2) is 13.2 Å². The van der Waals surface area contributed by atoms with Crippen molar-refractivity contribution in [1.82, 2.24) is 0 Å². The van der Waals surface area contributed by atoms with E-state index in [1.807, 2.05) is 42.5 Å². The van der Waals surface area contributed by atoms with Crippen molar-refractivity contribution in [3.63, 3.8) is 0 Å². The number of hydrogen-bond acceptors (Lipinski definition) is 3. The highest BCUT2D eigenvalue weighted by molar-refractivity contribution is 6.31. The summed E-state index contributed by atoms with van der Waals surface area (Å²) in [4.78, 5) is 0. The third-order valence-corrected chi connectivity index (χ3v) is 3.76. The second kappa shape index (κ2) is 5.73. The maximum absolute atomic E-state index is 6.33. The van der Waals surface area contributed by atoms with Crippen LogP contribution in [0.5, 0.6) is 11.5 Å². The van der Waals surface area contributed by atoms with E-state index >= 15 is 0 Å². The molecule has 3 nitrogen and oxygen atoms in total. The topological polar surface area (TPSA) is 44.5 Å². The highest BCUT2D eigenvalue weighted by Crippen LogP contribution is 2.37. The van der Waals surface area contributed by atoms with Crippen molar-refractivity contribution >= 4 is 11.6 Å². The van der Waals surface area contributed by atoms with Crippen molar-refractivity contribution in [3.8, 4) is 11.5 Å². The van der Waals surface area contributed by atoms with Crippen LogP contribution < -0.4 is 15.2 Å². The lowest BCUT2D eigenvalue weighted by Gasteiger charge is -2.23. The van der Waals surface area contributed by atoms with Gasteiger partial charge in [-0.05, 0) is 24.1 Å². The molecular formula is C16H16ClNO2. The van der Waals surface area contributed by atoms with Crippen LogP contribution in [0, 0.1) is 0 Å². The Morgan fingerprint density at radius 1 is 1.05 bits per heavy atom. The molecule has 1 aliphatic heterocycles. The Bertz CT molecular complexity index is 615. The van der Waals surface area contributed by atoms with Gasteiger partial charge in [0.1, 0.15) is 13.2 Å². The molecule has 0 aliphatic carbocycles. The zero-order valence-electron chi connectivity index (χ0n) is 11.0. The molecule has 2 aromatic carbocycles. The van der Waals surface area contributed by atoms with Gasteiger partial charge in [0.2, 0.25) is 0 Å². The van der Waals surface area contributed by atoms with Gasteiger partial charge >= 0.3 is 0 Å². The summed E-state index contributed by atoms with van der Waals surface area (Å²) in [6.45, 7) is 1.14. The third-order valence-electron chi connectivity index (χ3n) is 3.39. The van der Waals surface area contributed by atoms with Crippen LogP contribution in [0.25, 0.3) is 0 Å². The van der Waals surface area contributed by atoms with Crippen molar-refractivity contribution in [3.05, 3.63) is 58.6 Å². The molecule has 3 rings (SSSR count). The molecule has 0 bridgehead atoms. The second-order valence-electron chi connectivity index (χ2n) is 4.77. The van der Waals surface area contributed by atoms with E-state index in [1.54, 1.807) is 0 Å². The maximum Gasteiger partial charge on any atom is 0.166 e. The Balaban J connectivity index is 1.88. The minimum absolute atomic E-state index is 0.174. The number of hydrogen-bond donors (Lipinski definition) is 1. The van der Waals surface area contributed by atoms with Gasteiger partial charge in [0.25, 0.3) is 0 Å². The summed E-state index contributed by atoms with van der Waals surface area (Å²) in [5.41, 5.74) is 8.32. The Morgan fingerprint density at radius 2 is 1.85 bits per heavy atom. The fourth-order valence-electron chi connectivity index (χ4n) is 2.40. The molecule has 104 valence electrons. The summed E-state index contributed by atoms with van der Waals surface area (Å²) in [7, 11) is 0. The van der Waals surface area contributed by atoms with Crippen LogP contribution in [-0.2, 0) is 6.42 Å². The van der Waals surface area contributed by atoms with Gasteiger partial charge in [-0.25, -0.2) is 0 Å². The molecule has 0 aromatic heterocycles. The smallest absolute Gasteiger partial charge is 0.166 e. The Kier molecular flexibility index (Phi) is 3.81. The van der Waals surface area contributed by atoms with Gasteiger partial charge in [0.15, 0.2) is 11.5 Å². The molecule has 0 radical (unpaired) electrons. The average Bonchev–Trinajstić information content (AvgIpc) is 2.49. The quantitative estimate of drug-likeness (QED) is 0.942. The minimum Gasteiger partial charge on any atom is -0.486 e. The van der Waals surface area contributed by atoms with E-state index in [1.165, 1.54) is 0 Å². The van der Waals surface area contributed by atoms with Crippen LogP contribution in [0.4, 0.5) is 0 Å². The maximum atomic E-state index is 6.33. The van der Waals surface area contributed by atoms with Crippen LogP contribution in [0.1, 0.15) is 17.2 Å². The summed E-state index contributed by atoms with van der Waals surface area (Å²) < 4.78 is 11.3. The number of fused-ring (bicyclic) bond motifs is 1. The first-order valence-electron chi connectivity index (χ1n) is 6.63. The van der Waals surface area contributed by atoms with Gasteiger partial charge in [0, 0.05) is 16.6 Å². The summed E-state index contributed by atoms with van der Waals surface area (Å²) in [6.07, 6.45) is 0.666. The van der Waals surface area contributed by atoms with E-state index in [2.05, 4.69) is 0 Å². The fraction of sp³-hybridized carbons (Fsp3) is 0.250. The monoisotopic (exact) mass is 289 g/mol. The van der Waals surface area contributed by atoms with Gasteiger partial charge in [-0.3, -0.25) is 0 Å². The van der Waals surface area contributed by atoms with Crippen molar-refractivity contribution in [2.75, 3.05) is 13.2 Å². The molecule has 20 heavy (non-hydrogen) atoms. The Hall–Kier alpha value is -1.71. The highest BCUT2D eigenvalue weighted by Gasteiger charge is 2.20. The SMILES string of the molecule is NC(Cc1ccccc1Cl)c1cccc2c1OCCO2. The predicted octanol–water partition coefficient (Wildman–Crippen LogP) is 3.35. The van der Waals surface area contributed by atoms with E-state index in [9.17, 15) is 0 Å². The highest BCUT2D eigenvalue weighted by atomic mass is 35.5. The van der Waals surface area contributed by atoms with Gasteiger partial charge < -0.3 is 15.2 Å². The predicted molar refractivity (Wildman–Crippen MR) is 79.5 cm³/mol. The average molecular weight is 290 g/mol. The molecule has 1 unspecified atom stereocenters. The molecule has 0 saturated heterocycles. The van der Waals surface area contributed by atoms with Crippen molar-refractivity contribution in [1.29, 1.82) is 0 Å². The molecule has 4 heteroatoms. The first kappa shape index (κ1) is 13.3. The molecule has 2 aromatic rings. The van der Waals surface area contributed by atoms with E-state index in [4.69, 9.17) is 26.8 Å². The van der Waals surface area contributed by atoms with Crippen LogP contribution in [0.2, 0.25) is 5.02 Å². The van der Waals surface area contributed by atoms with E-state index in [0.717, 1.165) is 27.6 Å². The lowest BCUT2D eigenvalue weighted by molar-refractivity contribution is 0.169. The van der Waals surface area contributed by atoms with Crippen molar-refractivity contribution in [2.45, 2.75) is 12.5 Å². The molecule has 1 heterocycles. The first-order chi connectivity index (χ1) is 9.75. The number of halogens is 1. The van der Waals surface area contributed by atoms with E-state index < -0.39 is 0 Å². The van der Waals surface area contributed by atoms with Gasteiger partial charge in [-0.2, -0.15) is 0 Å². The van der Waals surface area contributed by atoms with Crippen LogP contribution in [0.3, 0.4) is 0 Å². The standard InChI is InChI=1S/C16H16ClNO2/c17-13-6-2-1-4-11(13)10-14(18)12-5-3-7-15-16(12)20-9-8-19-15/h1-7,14H,8-10,18H2. The molecule has 0 saturated carbocycles. The number of para-hydroxylation sites is 1. The molecule has 0 fully saturated rings. The summed E-state index contributed by atoms with van der Waals surface area (Å²) in [5, 5.41) is 0.741. The van der Waals surface area contributed by atoms with Gasteiger partial charge in [-0.1, -0.05) is 41.9 Å². The van der Waals surface area contributed by atoms with Crippen LogP contribution >= 0.6 is 11.6 Å². The molecule has 2 N–H and O–H groups in total. The number of ether oxygens (including phenoxy) is 2. The molecule has 0 amide bonds. The zero-order chi connectivity index (χ0) is 13.9. The number of nitrogens with two attached hydrogens (primary N) is 1. The lowest BCUT2D eigenvalue weighted by Crippen LogP contribution is -2.20. The second-order valence-corrected chi connectivity index (χ2v) is 5.18. The summed E-state index contributed by atoms with van der Waals surface area (Å²) >= 11 is 6.19. The third kappa shape index (κ3) is 2.60. The summed E-state index contributed by atoms with van der Waals surface area (Å²) in [5.74, 6) is 1.53. The van der Waals surface area contributed by atoms with Crippen molar-refractivity contribution < 1.29 is 9.47 Å². The number of rotatable bonds is 3. The van der Waals surface area contributed by atoms with Crippen LogP contribution in [0.15, 0.2) is 42.5 Å².